The zero-order valence-electron chi connectivity index (χ0n) is 12.5. The van der Waals surface area contributed by atoms with Crippen LogP contribution in [-0.2, 0) is 4.74 Å². The van der Waals surface area contributed by atoms with Crippen molar-refractivity contribution < 1.29 is 9.53 Å². The zero-order chi connectivity index (χ0) is 14.5. The Bertz CT molecular complexity index is 288. The summed E-state index contributed by atoms with van der Waals surface area (Å²) in [6.07, 6.45) is 10.2. The van der Waals surface area contributed by atoms with Crippen LogP contribution in [0.25, 0.3) is 0 Å². The van der Waals surface area contributed by atoms with E-state index >= 15 is 0 Å². The maximum absolute atomic E-state index is 10.9. The van der Waals surface area contributed by atoms with Crippen LogP contribution in [0.4, 0.5) is 4.79 Å². The van der Waals surface area contributed by atoms with Crippen LogP contribution >= 0.6 is 0 Å². The number of rotatable bonds is 10. The molecule has 1 atom stereocenters. The number of amides is 1. The highest BCUT2D eigenvalue weighted by Crippen LogP contribution is 2.03. The highest BCUT2D eigenvalue weighted by molar-refractivity contribution is 5.65. The van der Waals surface area contributed by atoms with Gasteiger partial charge in [0.1, 0.15) is 6.10 Å². The highest BCUT2D eigenvalue weighted by atomic mass is 16.6. The molecule has 0 heterocycles. The van der Waals surface area contributed by atoms with Gasteiger partial charge < -0.3 is 10.5 Å². The molecule has 4 heteroatoms. The Morgan fingerprint density at radius 3 is 2.53 bits per heavy atom. The number of hydrogen-bond donors (Lipinski definition) is 1. The Morgan fingerprint density at radius 1 is 1.32 bits per heavy atom. The molecule has 4 nitrogen and oxygen atoms in total. The summed E-state index contributed by atoms with van der Waals surface area (Å²) in [5, 5.41) is 0. The predicted octanol–water partition coefficient (Wildman–Crippen LogP) is 3.09. The smallest absolute Gasteiger partial charge is 0.405 e. The molecule has 0 rings (SSSR count). The second-order valence-corrected chi connectivity index (χ2v) is 4.44. The molecule has 0 fully saturated rings. The zero-order valence-corrected chi connectivity index (χ0v) is 12.5. The largest absolute Gasteiger partial charge is 0.441 e. The normalized spacial score (nSPS) is 13.5. The Labute approximate surface area is 117 Å². The minimum Gasteiger partial charge on any atom is -0.441 e. The lowest BCUT2D eigenvalue weighted by Crippen LogP contribution is -2.35. The van der Waals surface area contributed by atoms with Crippen LogP contribution in [0, 0.1) is 0 Å². The Morgan fingerprint density at radius 2 is 2.00 bits per heavy atom. The number of nitrogens with zero attached hydrogens (tertiary/aromatic N) is 1. The Balaban J connectivity index is 4.31. The summed E-state index contributed by atoms with van der Waals surface area (Å²) in [4.78, 5) is 13.2. The summed E-state index contributed by atoms with van der Waals surface area (Å²) in [6.45, 7) is 8.90. The number of carbonyl (C=O) groups excluding carboxylic acids is 1. The molecule has 2 N–H and O–H groups in total. The Hall–Kier alpha value is -1.29. The van der Waals surface area contributed by atoms with Crippen LogP contribution in [0.15, 0.2) is 24.3 Å². The van der Waals surface area contributed by atoms with Crippen LogP contribution in [0.5, 0.6) is 0 Å². The molecule has 110 valence electrons. The van der Waals surface area contributed by atoms with Crippen LogP contribution in [0.1, 0.15) is 40.0 Å². The van der Waals surface area contributed by atoms with Crippen molar-refractivity contribution in [3.05, 3.63) is 24.3 Å². The number of unbranched alkanes of at least 4 members (excludes halogenated alkanes) is 1. The summed E-state index contributed by atoms with van der Waals surface area (Å²) >= 11 is 0. The molecular formula is C15H28N2O2. The van der Waals surface area contributed by atoms with E-state index in [4.69, 9.17) is 10.5 Å². The minimum absolute atomic E-state index is 0.255. The lowest BCUT2D eigenvalue weighted by Gasteiger charge is -2.23. The number of ether oxygens (including phenoxy) is 1. The van der Waals surface area contributed by atoms with Gasteiger partial charge in [-0.05, 0) is 45.4 Å². The molecule has 0 aliphatic rings. The molecule has 1 amide bonds. The third kappa shape index (κ3) is 10.3. The van der Waals surface area contributed by atoms with Gasteiger partial charge in [-0.15, -0.1) is 0 Å². The first kappa shape index (κ1) is 17.7. The van der Waals surface area contributed by atoms with E-state index in [2.05, 4.69) is 24.8 Å². The SMILES string of the molecule is C/C=C\CC/C=C/C(CN(CC)CCC)OC(N)=O. The molecule has 19 heavy (non-hydrogen) atoms. The first-order valence-corrected chi connectivity index (χ1v) is 7.10. The first-order valence-electron chi connectivity index (χ1n) is 7.10. The van der Waals surface area contributed by atoms with E-state index in [1.54, 1.807) is 0 Å². The van der Waals surface area contributed by atoms with E-state index < -0.39 is 6.09 Å². The maximum atomic E-state index is 10.9. The summed E-state index contributed by atoms with van der Waals surface area (Å²) in [6, 6.07) is 0. The van der Waals surface area contributed by atoms with Gasteiger partial charge in [-0.3, -0.25) is 4.90 Å². The fraction of sp³-hybridized carbons (Fsp3) is 0.667. The molecule has 0 bridgehead atoms. The van der Waals surface area contributed by atoms with Crippen molar-refractivity contribution in [2.45, 2.75) is 46.1 Å². The molecule has 0 radical (unpaired) electrons. The third-order valence-electron chi connectivity index (χ3n) is 2.78. The standard InChI is InChI=1S/C15H28N2O2/c1-4-7-8-9-10-11-14(19-15(16)18)13-17(6-3)12-5-2/h4,7,10-11,14H,5-6,8-9,12-13H2,1-3H3,(H2,16,18)/b7-4-,11-10+. The topological polar surface area (TPSA) is 55.6 Å². The van der Waals surface area contributed by atoms with Gasteiger partial charge in [0.05, 0.1) is 0 Å². The summed E-state index contributed by atoms with van der Waals surface area (Å²) < 4.78 is 5.13. The molecule has 0 saturated carbocycles. The van der Waals surface area contributed by atoms with Gasteiger partial charge >= 0.3 is 6.09 Å². The van der Waals surface area contributed by atoms with Crippen molar-refractivity contribution in [1.29, 1.82) is 0 Å². The van der Waals surface area contributed by atoms with Gasteiger partial charge in [-0.25, -0.2) is 4.79 Å². The van der Waals surface area contributed by atoms with Gasteiger partial charge in [0.2, 0.25) is 0 Å². The molecule has 0 aliphatic heterocycles. The highest BCUT2D eigenvalue weighted by Gasteiger charge is 2.12. The average molecular weight is 268 g/mol. The van der Waals surface area contributed by atoms with Gasteiger partial charge in [-0.1, -0.05) is 32.1 Å². The molecule has 0 aromatic rings. The Kier molecular flexibility index (Phi) is 11.0. The predicted molar refractivity (Wildman–Crippen MR) is 80.0 cm³/mol. The van der Waals surface area contributed by atoms with Gasteiger partial charge in [-0.2, -0.15) is 0 Å². The van der Waals surface area contributed by atoms with Crippen molar-refractivity contribution in [3.8, 4) is 0 Å². The van der Waals surface area contributed by atoms with Crippen molar-refractivity contribution in [3.63, 3.8) is 0 Å². The van der Waals surface area contributed by atoms with Crippen LogP contribution < -0.4 is 5.73 Å². The van der Waals surface area contributed by atoms with Gasteiger partial charge in [0, 0.05) is 6.54 Å². The van der Waals surface area contributed by atoms with E-state index in [1.165, 1.54) is 0 Å². The van der Waals surface area contributed by atoms with E-state index in [9.17, 15) is 4.79 Å². The molecule has 1 unspecified atom stereocenters. The summed E-state index contributed by atoms with van der Waals surface area (Å²) in [5.41, 5.74) is 5.11. The first-order chi connectivity index (χ1) is 9.13. The van der Waals surface area contributed by atoms with Crippen LogP contribution in [0.3, 0.4) is 0 Å². The fourth-order valence-corrected chi connectivity index (χ4v) is 1.84. The van der Waals surface area contributed by atoms with E-state index in [0.29, 0.717) is 6.54 Å². The number of carbonyl (C=O) groups is 1. The van der Waals surface area contributed by atoms with Crippen molar-refractivity contribution in [1.82, 2.24) is 4.90 Å². The summed E-state index contributed by atoms with van der Waals surface area (Å²) in [5.74, 6) is 0. The average Bonchev–Trinajstić information content (AvgIpc) is 2.37. The molecule has 0 aromatic heterocycles. The minimum atomic E-state index is -0.712. The molecule has 0 spiro atoms. The van der Waals surface area contributed by atoms with E-state index in [-0.39, 0.29) is 6.10 Å². The van der Waals surface area contributed by atoms with Crippen LogP contribution in [-0.4, -0.2) is 36.7 Å². The monoisotopic (exact) mass is 268 g/mol. The van der Waals surface area contributed by atoms with Crippen molar-refractivity contribution in [2.75, 3.05) is 19.6 Å². The fourth-order valence-electron chi connectivity index (χ4n) is 1.84. The number of nitrogens with two attached hydrogens (primary N) is 1. The van der Waals surface area contributed by atoms with Gasteiger partial charge in [0.15, 0.2) is 0 Å². The second-order valence-electron chi connectivity index (χ2n) is 4.44. The summed E-state index contributed by atoms with van der Waals surface area (Å²) in [7, 11) is 0. The van der Waals surface area contributed by atoms with E-state index in [0.717, 1.165) is 32.4 Å². The number of allylic oxidation sites excluding steroid dienone is 3. The molecular weight excluding hydrogens is 240 g/mol. The second kappa shape index (κ2) is 11.8. The number of likely N-dealkylation sites (N-methyl/N-ethyl adjacent to an activating group) is 1. The van der Waals surface area contributed by atoms with E-state index in [1.807, 2.05) is 25.2 Å². The lowest BCUT2D eigenvalue weighted by molar-refractivity contribution is 0.102. The van der Waals surface area contributed by atoms with Gasteiger partial charge in [0.25, 0.3) is 0 Å². The number of primary amides is 1. The van der Waals surface area contributed by atoms with Crippen molar-refractivity contribution >= 4 is 6.09 Å². The quantitative estimate of drug-likeness (QED) is 0.489. The lowest BCUT2D eigenvalue weighted by atomic mass is 10.2. The maximum Gasteiger partial charge on any atom is 0.405 e. The van der Waals surface area contributed by atoms with Crippen molar-refractivity contribution in [2.24, 2.45) is 5.73 Å². The number of hydrogen-bond acceptors (Lipinski definition) is 3. The molecule has 0 saturated heterocycles. The molecule has 0 aliphatic carbocycles. The molecule has 0 aromatic carbocycles. The third-order valence-corrected chi connectivity index (χ3v) is 2.78. The van der Waals surface area contributed by atoms with Crippen LogP contribution in [0.2, 0.25) is 0 Å².